The molecule has 0 radical (unpaired) electrons. The van der Waals surface area contributed by atoms with Crippen LogP contribution in [0.1, 0.15) is 36.5 Å². The number of aromatic nitrogens is 2. The fraction of sp³-hybridized carbons (Fsp3) is 0.476. The van der Waals surface area contributed by atoms with Crippen LogP contribution in [0.2, 0.25) is 0 Å². The molecule has 1 aromatic carbocycles. The number of ether oxygens (including phenoxy) is 1. The number of halogens is 1. The molecule has 174 valence electrons. The summed E-state index contributed by atoms with van der Waals surface area (Å²) in [4.78, 5) is 22.1. The molecule has 31 heavy (non-hydrogen) atoms. The van der Waals surface area contributed by atoms with Crippen molar-refractivity contribution in [1.29, 1.82) is 0 Å². The lowest BCUT2D eigenvalue weighted by molar-refractivity contribution is 0.111. The van der Waals surface area contributed by atoms with Gasteiger partial charge in [0.15, 0.2) is 17.9 Å². The zero-order valence-corrected chi connectivity index (χ0v) is 20.1. The summed E-state index contributed by atoms with van der Waals surface area (Å²) in [6, 6.07) is 4.27. The molecule has 0 aliphatic heterocycles. The van der Waals surface area contributed by atoms with Crippen LogP contribution >= 0.6 is 11.8 Å². The molecule has 0 bridgehead atoms. The maximum atomic E-state index is 13.8. The van der Waals surface area contributed by atoms with E-state index in [0.29, 0.717) is 35.9 Å². The topological polar surface area (TPSA) is 119 Å². The normalized spacial score (nSPS) is 9.58. The van der Waals surface area contributed by atoms with Crippen LogP contribution in [0, 0.1) is 5.82 Å². The van der Waals surface area contributed by atoms with Crippen LogP contribution in [0.15, 0.2) is 18.2 Å². The summed E-state index contributed by atoms with van der Waals surface area (Å²) in [5.41, 5.74) is 10.9. The Kier molecular flexibility index (Phi) is 15.0. The van der Waals surface area contributed by atoms with Crippen LogP contribution in [0.5, 0.6) is 5.75 Å². The van der Waals surface area contributed by atoms with Crippen molar-refractivity contribution >= 4 is 35.4 Å². The fourth-order valence-corrected chi connectivity index (χ4v) is 2.48. The number of aldehydes is 1. The van der Waals surface area contributed by atoms with Gasteiger partial charge >= 0.3 is 0 Å². The quantitative estimate of drug-likeness (QED) is 0.386. The Labute approximate surface area is 189 Å². The van der Waals surface area contributed by atoms with E-state index in [-0.39, 0.29) is 11.5 Å². The van der Waals surface area contributed by atoms with Gasteiger partial charge in [-0.05, 0) is 38.8 Å². The number of benzene rings is 1. The zero-order chi connectivity index (χ0) is 23.8. The molecule has 10 heteroatoms. The summed E-state index contributed by atoms with van der Waals surface area (Å²) in [7, 11) is 5.20. The largest absolute Gasteiger partial charge is 0.483 e. The average molecular weight is 455 g/mol. The number of rotatable bonds is 9. The molecule has 1 heterocycles. The molecule has 1 aromatic heterocycles. The van der Waals surface area contributed by atoms with Crippen molar-refractivity contribution in [3.8, 4) is 5.75 Å². The smallest absolute Gasteiger partial charge is 0.172 e. The van der Waals surface area contributed by atoms with Crippen LogP contribution in [-0.2, 0) is 6.42 Å². The Balaban J connectivity index is 0.00000134. The van der Waals surface area contributed by atoms with Gasteiger partial charge in [-0.2, -0.15) is 0 Å². The van der Waals surface area contributed by atoms with Crippen LogP contribution in [0.25, 0.3) is 0 Å². The Morgan fingerprint density at radius 3 is 2.35 bits per heavy atom. The predicted octanol–water partition coefficient (Wildman–Crippen LogP) is 3.43. The minimum absolute atomic E-state index is 0.179. The Morgan fingerprint density at radius 2 is 1.87 bits per heavy atom. The molecule has 2 rings (SSSR count). The van der Waals surface area contributed by atoms with Gasteiger partial charge in [0.1, 0.15) is 23.2 Å². The van der Waals surface area contributed by atoms with E-state index in [9.17, 15) is 9.18 Å². The highest BCUT2D eigenvalue weighted by Crippen LogP contribution is 2.26. The van der Waals surface area contributed by atoms with E-state index in [0.717, 1.165) is 18.7 Å². The second-order valence-electron chi connectivity index (χ2n) is 6.23. The second kappa shape index (κ2) is 16.3. The van der Waals surface area contributed by atoms with E-state index < -0.39 is 5.82 Å². The molecular weight excluding hydrogens is 419 g/mol. The summed E-state index contributed by atoms with van der Waals surface area (Å²) < 4.78 is 19.3. The highest BCUT2D eigenvalue weighted by atomic mass is 32.2. The van der Waals surface area contributed by atoms with Gasteiger partial charge in [-0.15, -0.1) is 11.8 Å². The van der Waals surface area contributed by atoms with Crippen molar-refractivity contribution in [2.24, 2.45) is 11.5 Å². The van der Waals surface area contributed by atoms with Crippen molar-refractivity contribution in [2.45, 2.75) is 26.7 Å². The average Bonchev–Trinajstić information content (AvgIpc) is 2.78. The molecule has 5 N–H and O–H groups in total. The van der Waals surface area contributed by atoms with Crippen molar-refractivity contribution in [1.82, 2.24) is 9.97 Å². The first-order valence-corrected chi connectivity index (χ1v) is 11.3. The van der Waals surface area contributed by atoms with Crippen molar-refractivity contribution in [2.75, 3.05) is 50.1 Å². The molecule has 0 atom stereocenters. The lowest BCUT2D eigenvalue weighted by Gasteiger charge is -2.18. The molecule has 0 aliphatic carbocycles. The molecule has 0 saturated heterocycles. The van der Waals surface area contributed by atoms with Crippen LogP contribution in [0.3, 0.4) is 0 Å². The third kappa shape index (κ3) is 9.95. The molecular formula is C21H35FN6O2S. The lowest BCUT2D eigenvalue weighted by atomic mass is 10.2. The Morgan fingerprint density at radius 1 is 1.23 bits per heavy atom. The third-order valence-electron chi connectivity index (χ3n) is 3.61. The van der Waals surface area contributed by atoms with Gasteiger partial charge in [0.2, 0.25) is 0 Å². The van der Waals surface area contributed by atoms with Gasteiger partial charge in [0.25, 0.3) is 0 Å². The fourth-order valence-electron chi connectivity index (χ4n) is 2.23. The van der Waals surface area contributed by atoms with E-state index >= 15 is 0 Å². The molecule has 0 aliphatic rings. The van der Waals surface area contributed by atoms with Gasteiger partial charge in [-0.1, -0.05) is 13.8 Å². The number of aryl methyl sites for hydroxylation is 1. The van der Waals surface area contributed by atoms with Gasteiger partial charge in [0, 0.05) is 31.9 Å². The number of thioether (sulfide) groups is 1. The highest BCUT2D eigenvalue weighted by molar-refractivity contribution is 7.98. The van der Waals surface area contributed by atoms with Gasteiger partial charge in [0.05, 0.1) is 5.69 Å². The van der Waals surface area contributed by atoms with E-state index in [2.05, 4.69) is 27.9 Å². The summed E-state index contributed by atoms with van der Waals surface area (Å²) in [6.45, 7) is 4.82. The van der Waals surface area contributed by atoms with Gasteiger partial charge in [-0.25, -0.2) is 14.4 Å². The Hall–Kier alpha value is -2.43. The molecule has 0 amide bonds. The monoisotopic (exact) mass is 454 g/mol. The maximum Gasteiger partial charge on any atom is 0.172 e. The van der Waals surface area contributed by atoms with E-state index in [4.69, 9.17) is 10.5 Å². The number of nitrogens with one attached hydrogen (secondary N) is 1. The number of anilines is 3. The molecule has 0 spiro atoms. The number of carbonyl (C=O) groups is 1. The van der Waals surface area contributed by atoms with E-state index in [1.165, 1.54) is 30.9 Å². The maximum absolute atomic E-state index is 13.8. The number of nitrogens with zero attached hydrogens (tertiary/aromatic N) is 3. The first kappa shape index (κ1) is 28.6. The van der Waals surface area contributed by atoms with Crippen LogP contribution < -0.4 is 26.4 Å². The standard InChI is InChI=1S/C17H21FN4O2S.C3H9N.CH5N/c1-5-14-17(22(2)3)21-16(15(9-23)20-14)19-12-6-11(18)7-13(8-12)24-10-25-4;1-2-3-4;1-2/h6-9H,5,10H2,1-4H3,(H,19,21);2-4H2,1H3;2H2,1H3. The third-order valence-corrected chi connectivity index (χ3v) is 3.96. The van der Waals surface area contributed by atoms with Crippen LogP contribution in [0.4, 0.5) is 21.7 Å². The molecule has 0 saturated carbocycles. The Bertz CT molecular complexity index is 791. The second-order valence-corrected chi connectivity index (χ2v) is 7.05. The highest BCUT2D eigenvalue weighted by Gasteiger charge is 2.15. The summed E-state index contributed by atoms with van der Waals surface area (Å²) in [6.07, 6.45) is 4.27. The van der Waals surface area contributed by atoms with Crippen molar-refractivity contribution in [3.05, 3.63) is 35.4 Å². The number of hydrogen-bond donors (Lipinski definition) is 3. The van der Waals surface area contributed by atoms with Crippen LogP contribution in [-0.4, -0.2) is 56.1 Å². The molecule has 2 aromatic rings. The number of carbonyl (C=O) groups excluding carboxylic acids is 1. The summed E-state index contributed by atoms with van der Waals surface area (Å²) in [5.74, 6) is 1.30. The molecule has 8 nitrogen and oxygen atoms in total. The lowest BCUT2D eigenvalue weighted by Crippen LogP contribution is -2.17. The van der Waals surface area contributed by atoms with Gasteiger partial charge in [-0.3, -0.25) is 4.79 Å². The molecule has 0 unspecified atom stereocenters. The van der Waals surface area contributed by atoms with Crippen molar-refractivity contribution in [3.63, 3.8) is 0 Å². The minimum atomic E-state index is -0.445. The first-order chi connectivity index (χ1) is 14.9. The first-order valence-electron chi connectivity index (χ1n) is 9.90. The minimum Gasteiger partial charge on any atom is -0.483 e. The van der Waals surface area contributed by atoms with Gasteiger partial charge < -0.3 is 26.4 Å². The zero-order valence-electron chi connectivity index (χ0n) is 19.2. The SMILES string of the molecule is CCCN.CCc1nc(C=O)c(Nc2cc(F)cc(OCSC)c2)nc1N(C)C.CN. The number of hydrogen-bond acceptors (Lipinski definition) is 9. The summed E-state index contributed by atoms with van der Waals surface area (Å²) >= 11 is 1.49. The van der Waals surface area contributed by atoms with E-state index in [1.54, 1.807) is 6.07 Å². The van der Waals surface area contributed by atoms with Crippen molar-refractivity contribution < 1.29 is 13.9 Å². The predicted molar refractivity (Wildman–Crippen MR) is 129 cm³/mol. The van der Waals surface area contributed by atoms with E-state index in [1.807, 2.05) is 32.2 Å². The number of nitrogens with two attached hydrogens (primary N) is 2. The molecule has 0 fully saturated rings. The summed E-state index contributed by atoms with van der Waals surface area (Å²) in [5, 5.41) is 2.97.